The standard InChI is InChI=1S/C15H20FNO4S/c1-20-14-7-9-17(11-15(14)8-2-10-21-15)22(18,19)13-5-3-12(16)4-6-13/h3-6,14H,2,7-11H2,1H3/t14-,15-/m0/s1. The van der Waals surface area contributed by atoms with Crippen LogP contribution in [0.1, 0.15) is 19.3 Å². The molecule has 0 bridgehead atoms. The molecular formula is C15H20FNO4S. The number of nitrogens with zero attached hydrogens (tertiary/aromatic N) is 1. The average Bonchev–Trinajstić information content (AvgIpc) is 2.96. The lowest BCUT2D eigenvalue weighted by atomic mass is 9.88. The molecule has 0 N–H and O–H groups in total. The quantitative estimate of drug-likeness (QED) is 0.848. The van der Waals surface area contributed by atoms with E-state index >= 15 is 0 Å². The predicted molar refractivity (Wildman–Crippen MR) is 78.5 cm³/mol. The minimum Gasteiger partial charge on any atom is -0.378 e. The van der Waals surface area contributed by atoms with Crippen LogP contribution in [0.3, 0.4) is 0 Å². The van der Waals surface area contributed by atoms with Crippen LogP contribution >= 0.6 is 0 Å². The monoisotopic (exact) mass is 329 g/mol. The lowest BCUT2D eigenvalue weighted by molar-refractivity contribution is -0.132. The third kappa shape index (κ3) is 2.67. The second kappa shape index (κ2) is 5.88. The van der Waals surface area contributed by atoms with Gasteiger partial charge in [-0.25, -0.2) is 12.8 Å². The van der Waals surface area contributed by atoms with Crippen LogP contribution in [0.4, 0.5) is 4.39 Å². The summed E-state index contributed by atoms with van der Waals surface area (Å²) in [6, 6.07) is 4.93. The Kier molecular flexibility index (Phi) is 4.24. The highest BCUT2D eigenvalue weighted by Crippen LogP contribution is 2.38. The van der Waals surface area contributed by atoms with Gasteiger partial charge in [0.25, 0.3) is 0 Å². The van der Waals surface area contributed by atoms with E-state index < -0.39 is 21.4 Å². The van der Waals surface area contributed by atoms with Gasteiger partial charge in [0.2, 0.25) is 10.0 Å². The lowest BCUT2D eigenvalue weighted by Gasteiger charge is -2.44. The summed E-state index contributed by atoms with van der Waals surface area (Å²) in [7, 11) is -2.01. The molecule has 122 valence electrons. The number of sulfonamides is 1. The van der Waals surface area contributed by atoms with Crippen molar-refractivity contribution in [2.24, 2.45) is 0 Å². The van der Waals surface area contributed by atoms with E-state index in [9.17, 15) is 12.8 Å². The van der Waals surface area contributed by atoms with Gasteiger partial charge in [-0.3, -0.25) is 0 Å². The molecule has 2 atom stereocenters. The molecule has 0 aromatic heterocycles. The third-order valence-corrected chi connectivity index (χ3v) is 6.40. The van der Waals surface area contributed by atoms with Crippen LogP contribution in [0.2, 0.25) is 0 Å². The maximum absolute atomic E-state index is 13.0. The SMILES string of the molecule is CO[C@H]1CCN(S(=O)(=O)c2ccc(F)cc2)C[C@@]12CCCO2. The molecule has 0 amide bonds. The maximum atomic E-state index is 13.0. The topological polar surface area (TPSA) is 55.8 Å². The zero-order valence-electron chi connectivity index (χ0n) is 12.5. The van der Waals surface area contributed by atoms with Crippen molar-refractivity contribution >= 4 is 10.0 Å². The number of ether oxygens (including phenoxy) is 2. The van der Waals surface area contributed by atoms with Crippen molar-refractivity contribution in [1.29, 1.82) is 0 Å². The Hall–Kier alpha value is -1.02. The highest BCUT2D eigenvalue weighted by Gasteiger charge is 2.49. The van der Waals surface area contributed by atoms with Crippen molar-refractivity contribution in [2.75, 3.05) is 26.8 Å². The Labute approximate surface area is 130 Å². The number of halogens is 1. The van der Waals surface area contributed by atoms with E-state index in [4.69, 9.17) is 9.47 Å². The van der Waals surface area contributed by atoms with E-state index in [1.807, 2.05) is 0 Å². The minimum atomic E-state index is -3.64. The smallest absolute Gasteiger partial charge is 0.243 e. The van der Waals surface area contributed by atoms with Crippen LogP contribution in [0, 0.1) is 5.82 Å². The Bertz CT molecular complexity index is 625. The molecule has 2 aliphatic heterocycles. The van der Waals surface area contributed by atoms with E-state index in [2.05, 4.69) is 0 Å². The number of rotatable bonds is 3. The molecule has 22 heavy (non-hydrogen) atoms. The van der Waals surface area contributed by atoms with E-state index in [0.29, 0.717) is 19.6 Å². The van der Waals surface area contributed by atoms with Gasteiger partial charge in [-0.2, -0.15) is 4.31 Å². The molecule has 5 nitrogen and oxygen atoms in total. The minimum absolute atomic E-state index is 0.0883. The number of piperidine rings is 1. The molecule has 2 fully saturated rings. The summed E-state index contributed by atoms with van der Waals surface area (Å²) in [5.41, 5.74) is -0.555. The normalized spacial score (nSPS) is 30.0. The molecular weight excluding hydrogens is 309 g/mol. The van der Waals surface area contributed by atoms with Crippen LogP contribution in [0.15, 0.2) is 29.2 Å². The second-order valence-electron chi connectivity index (χ2n) is 5.82. The Morgan fingerprint density at radius 1 is 1.36 bits per heavy atom. The highest BCUT2D eigenvalue weighted by molar-refractivity contribution is 7.89. The van der Waals surface area contributed by atoms with Crippen LogP contribution in [-0.2, 0) is 19.5 Å². The van der Waals surface area contributed by atoms with Crippen molar-refractivity contribution in [2.45, 2.75) is 35.9 Å². The first kappa shape index (κ1) is 15.9. The summed E-state index contributed by atoms with van der Waals surface area (Å²) < 4.78 is 51.3. The van der Waals surface area contributed by atoms with Crippen molar-refractivity contribution in [3.05, 3.63) is 30.1 Å². The second-order valence-corrected chi connectivity index (χ2v) is 7.76. The molecule has 1 spiro atoms. The van der Waals surface area contributed by atoms with Crippen molar-refractivity contribution in [1.82, 2.24) is 4.31 Å². The molecule has 2 saturated heterocycles. The van der Waals surface area contributed by atoms with Gasteiger partial charge in [0, 0.05) is 26.8 Å². The third-order valence-electron chi connectivity index (χ3n) is 4.54. The van der Waals surface area contributed by atoms with Gasteiger partial charge in [0.15, 0.2) is 0 Å². The zero-order chi connectivity index (χ0) is 15.8. The summed E-state index contributed by atoms with van der Waals surface area (Å²) in [6.45, 7) is 1.29. The van der Waals surface area contributed by atoms with E-state index in [1.165, 1.54) is 16.4 Å². The maximum Gasteiger partial charge on any atom is 0.243 e. The number of benzene rings is 1. The number of hydrogen-bond acceptors (Lipinski definition) is 4. The average molecular weight is 329 g/mol. The van der Waals surface area contributed by atoms with Crippen LogP contribution < -0.4 is 0 Å². The first-order chi connectivity index (χ1) is 10.5. The summed E-state index contributed by atoms with van der Waals surface area (Å²) >= 11 is 0. The summed E-state index contributed by atoms with van der Waals surface area (Å²) in [6.07, 6.45) is 2.21. The fourth-order valence-electron chi connectivity index (χ4n) is 3.39. The largest absolute Gasteiger partial charge is 0.378 e. The zero-order valence-corrected chi connectivity index (χ0v) is 13.3. The van der Waals surface area contributed by atoms with Gasteiger partial charge in [0.05, 0.1) is 11.0 Å². The molecule has 7 heteroatoms. The van der Waals surface area contributed by atoms with Crippen molar-refractivity contribution < 1.29 is 22.3 Å². The molecule has 1 aromatic carbocycles. The van der Waals surface area contributed by atoms with Gasteiger partial charge in [-0.1, -0.05) is 0 Å². The first-order valence-electron chi connectivity index (χ1n) is 7.40. The molecule has 1 aromatic rings. The first-order valence-corrected chi connectivity index (χ1v) is 8.84. The van der Waals surface area contributed by atoms with Crippen LogP contribution in [0.25, 0.3) is 0 Å². The fraction of sp³-hybridized carbons (Fsp3) is 0.600. The number of hydrogen-bond donors (Lipinski definition) is 0. The molecule has 2 heterocycles. The highest BCUT2D eigenvalue weighted by atomic mass is 32.2. The molecule has 0 unspecified atom stereocenters. The Morgan fingerprint density at radius 3 is 2.68 bits per heavy atom. The van der Waals surface area contributed by atoms with E-state index in [-0.39, 0.29) is 17.5 Å². The van der Waals surface area contributed by atoms with Gasteiger partial charge in [0.1, 0.15) is 11.4 Å². The van der Waals surface area contributed by atoms with Gasteiger partial charge < -0.3 is 9.47 Å². The van der Waals surface area contributed by atoms with Gasteiger partial charge in [-0.05, 0) is 43.5 Å². The molecule has 2 aliphatic rings. The van der Waals surface area contributed by atoms with Crippen LogP contribution in [-0.4, -0.2) is 51.2 Å². The summed E-state index contributed by atoms with van der Waals surface area (Å²) in [4.78, 5) is 0.109. The van der Waals surface area contributed by atoms with Gasteiger partial charge in [-0.15, -0.1) is 0 Å². The van der Waals surface area contributed by atoms with E-state index in [0.717, 1.165) is 25.0 Å². The lowest BCUT2D eigenvalue weighted by Crippen LogP contribution is -2.58. The summed E-state index contributed by atoms with van der Waals surface area (Å²) in [5, 5.41) is 0. The number of methoxy groups -OCH3 is 1. The Balaban J connectivity index is 1.87. The molecule has 0 saturated carbocycles. The van der Waals surface area contributed by atoms with Crippen molar-refractivity contribution in [3.8, 4) is 0 Å². The summed E-state index contributed by atoms with van der Waals surface area (Å²) in [5.74, 6) is -0.451. The molecule has 0 aliphatic carbocycles. The Morgan fingerprint density at radius 2 is 2.09 bits per heavy atom. The van der Waals surface area contributed by atoms with Crippen LogP contribution in [0.5, 0.6) is 0 Å². The molecule has 3 rings (SSSR count). The fourth-order valence-corrected chi connectivity index (χ4v) is 4.91. The van der Waals surface area contributed by atoms with E-state index in [1.54, 1.807) is 7.11 Å². The molecule has 0 radical (unpaired) electrons. The van der Waals surface area contributed by atoms with Gasteiger partial charge >= 0.3 is 0 Å². The predicted octanol–water partition coefficient (Wildman–Crippen LogP) is 1.78. The van der Waals surface area contributed by atoms with Crippen molar-refractivity contribution in [3.63, 3.8) is 0 Å².